The van der Waals surface area contributed by atoms with Crippen LogP contribution in [-0.2, 0) is 0 Å². The Morgan fingerprint density at radius 1 is 1.78 bits per heavy atom. The predicted octanol–water partition coefficient (Wildman–Crippen LogP) is 1.82. The van der Waals surface area contributed by atoms with Crippen molar-refractivity contribution in [2.75, 3.05) is 6.54 Å². The highest BCUT2D eigenvalue weighted by atomic mass is 32.2. The lowest BCUT2D eigenvalue weighted by Crippen LogP contribution is -2.16. The summed E-state index contributed by atoms with van der Waals surface area (Å²) in [7, 11) is 0. The molecule has 1 saturated heterocycles. The first-order valence-electron chi connectivity index (χ1n) is 3.29. The molecule has 1 nitrogen and oxygen atoms in total. The van der Waals surface area contributed by atoms with E-state index >= 15 is 0 Å². The summed E-state index contributed by atoms with van der Waals surface area (Å²) in [6, 6.07) is 0. The van der Waals surface area contributed by atoms with Gasteiger partial charge in [0.25, 0.3) is 0 Å². The molecule has 0 aromatic carbocycles. The van der Waals surface area contributed by atoms with Crippen molar-refractivity contribution in [3.05, 3.63) is 11.6 Å². The molecule has 1 N–H and O–H groups in total. The summed E-state index contributed by atoms with van der Waals surface area (Å²) in [5.41, 5.74) is 0. The van der Waals surface area contributed by atoms with Crippen LogP contribution in [0.1, 0.15) is 13.8 Å². The zero-order valence-electron chi connectivity index (χ0n) is 5.98. The molecule has 0 aromatic heterocycles. The van der Waals surface area contributed by atoms with Crippen LogP contribution in [-0.4, -0.2) is 11.8 Å². The van der Waals surface area contributed by atoms with Crippen molar-refractivity contribution >= 4 is 11.8 Å². The number of thioether (sulfide) groups is 1. The van der Waals surface area contributed by atoms with E-state index in [2.05, 4.69) is 25.7 Å². The summed E-state index contributed by atoms with van der Waals surface area (Å²) >= 11 is 1.87. The van der Waals surface area contributed by atoms with Gasteiger partial charge in [0.2, 0.25) is 0 Å². The average molecular weight is 143 g/mol. The van der Waals surface area contributed by atoms with Gasteiger partial charge in [-0.05, 0) is 5.92 Å². The molecule has 0 aromatic rings. The van der Waals surface area contributed by atoms with Crippen LogP contribution in [0.15, 0.2) is 11.6 Å². The lowest BCUT2D eigenvalue weighted by atomic mass is 10.1. The van der Waals surface area contributed by atoms with E-state index in [0.29, 0.717) is 0 Å². The fourth-order valence-electron chi connectivity index (χ4n) is 0.852. The molecular weight excluding hydrogens is 130 g/mol. The van der Waals surface area contributed by atoms with Crippen LogP contribution in [0.25, 0.3) is 0 Å². The van der Waals surface area contributed by atoms with E-state index < -0.39 is 0 Å². The standard InChI is InChI=1S/C7H13NS/c1-5(2)7-4-8-6(3)9-7/h5,7-8H,3-4H2,1-2H3/t7-/m1/s1. The van der Waals surface area contributed by atoms with E-state index in [1.54, 1.807) is 0 Å². The molecule has 1 heterocycles. The van der Waals surface area contributed by atoms with Crippen molar-refractivity contribution in [2.24, 2.45) is 5.92 Å². The molecule has 1 rings (SSSR count). The van der Waals surface area contributed by atoms with Crippen molar-refractivity contribution in [1.82, 2.24) is 5.32 Å². The molecule has 52 valence electrons. The van der Waals surface area contributed by atoms with Crippen LogP contribution in [0.3, 0.4) is 0 Å². The first-order chi connectivity index (χ1) is 4.20. The second-order valence-corrected chi connectivity index (χ2v) is 4.04. The molecule has 1 aliphatic rings. The lowest BCUT2D eigenvalue weighted by Gasteiger charge is -2.09. The first-order valence-corrected chi connectivity index (χ1v) is 4.17. The number of nitrogens with one attached hydrogen (secondary N) is 1. The van der Waals surface area contributed by atoms with Crippen LogP contribution < -0.4 is 5.32 Å². The maximum absolute atomic E-state index is 3.84. The van der Waals surface area contributed by atoms with E-state index in [-0.39, 0.29) is 0 Å². The minimum Gasteiger partial charge on any atom is -0.379 e. The minimum atomic E-state index is 0.748. The second-order valence-electron chi connectivity index (χ2n) is 2.70. The SMILES string of the molecule is C=C1NC[C@H](C(C)C)S1. The van der Waals surface area contributed by atoms with Crippen LogP contribution in [0.4, 0.5) is 0 Å². The van der Waals surface area contributed by atoms with Crippen LogP contribution in [0.2, 0.25) is 0 Å². The van der Waals surface area contributed by atoms with Crippen LogP contribution in [0, 0.1) is 5.92 Å². The Balaban J connectivity index is 2.39. The Hall–Kier alpha value is -0.110. The number of rotatable bonds is 1. The van der Waals surface area contributed by atoms with Crippen molar-refractivity contribution < 1.29 is 0 Å². The van der Waals surface area contributed by atoms with E-state index in [1.807, 2.05) is 11.8 Å². The second kappa shape index (κ2) is 2.65. The summed E-state index contributed by atoms with van der Waals surface area (Å²) in [5, 5.41) is 5.10. The Morgan fingerprint density at radius 2 is 2.44 bits per heavy atom. The van der Waals surface area contributed by atoms with E-state index in [0.717, 1.165) is 22.7 Å². The number of hydrogen-bond donors (Lipinski definition) is 1. The van der Waals surface area contributed by atoms with Gasteiger partial charge in [0.1, 0.15) is 0 Å². The van der Waals surface area contributed by atoms with Crippen molar-refractivity contribution in [3.8, 4) is 0 Å². The predicted molar refractivity (Wildman–Crippen MR) is 43.4 cm³/mol. The van der Waals surface area contributed by atoms with Crippen molar-refractivity contribution in [2.45, 2.75) is 19.1 Å². The molecule has 0 aliphatic carbocycles. The third-order valence-electron chi connectivity index (χ3n) is 1.54. The zero-order valence-corrected chi connectivity index (χ0v) is 6.79. The Morgan fingerprint density at radius 3 is 2.67 bits per heavy atom. The smallest absolute Gasteiger partial charge is 0.0611 e. The molecule has 0 amide bonds. The maximum atomic E-state index is 3.84. The van der Waals surface area contributed by atoms with Crippen molar-refractivity contribution in [3.63, 3.8) is 0 Å². The molecule has 0 unspecified atom stereocenters. The van der Waals surface area contributed by atoms with Gasteiger partial charge >= 0.3 is 0 Å². The molecule has 1 aliphatic heterocycles. The third kappa shape index (κ3) is 1.65. The largest absolute Gasteiger partial charge is 0.379 e. The van der Waals surface area contributed by atoms with Gasteiger partial charge < -0.3 is 5.32 Å². The Kier molecular flexibility index (Phi) is 2.06. The van der Waals surface area contributed by atoms with Gasteiger partial charge in [-0.25, -0.2) is 0 Å². The lowest BCUT2D eigenvalue weighted by molar-refractivity contribution is 0.602. The fraction of sp³-hybridized carbons (Fsp3) is 0.714. The van der Waals surface area contributed by atoms with Crippen molar-refractivity contribution in [1.29, 1.82) is 0 Å². The first kappa shape index (κ1) is 7.00. The minimum absolute atomic E-state index is 0.748. The monoisotopic (exact) mass is 143 g/mol. The van der Waals surface area contributed by atoms with Crippen LogP contribution >= 0.6 is 11.8 Å². The van der Waals surface area contributed by atoms with E-state index in [4.69, 9.17) is 0 Å². The highest BCUT2D eigenvalue weighted by Gasteiger charge is 2.20. The molecule has 1 fully saturated rings. The summed E-state index contributed by atoms with van der Waals surface area (Å²) in [5.74, 6) is 0.766. The van der Waals surface area contributed by atoms with E-state index in [9.17, 15) is 0 Å². The third-order valence-corrected chi connectivity index (χ3v) is 2.98. The molecular formula is C7H13NS. The quantitative estimate of drug-likeness (QED) is 0.601. The molecule has 2 heteroatoms. The summed E-state index contributed by atoms with van der Waals surface area (Å²) in [6.45, 7) is 9.43. The van der Waals surface area contributed by atoms with Gasteiger partial charge in [-0.3, -0.25) is 0 Å². The summed E-state index contributed by atoms with van der Waals surface area (Å²) < 4.78 is 0. The molecule has 0 radical (unpaired) electrons. The number of hydrogen-bond acceptors (Lipinski definition) is 2. The topological polar surface area (TPSA) is 12.0 Å². The molecule has 0 bridgehead atoms. The van der Waals surface area contributed by atoms with Gasteiger partial charge in [0.05, 0.1) is 5.03 Å². The highest BCUT2D eigenvalue weighted by Crippen LogP contribution is 2.28. The van der Waals surface area contributed by atoms with Gasteiger partial charge in [0.15, 0.2) is 0 Å². The van der Waals surface area contributed by atoms with Gasteiger partial charge in [-0.15, -0.1) is 11.8 Å². The fourth-order valence-corrected chi connectivity index (χ4v) is 1.82. The molecule has 0 saturated carbocycles. The molecule has 9 heavy (non-hydrogen) atoms. The summed E-state index contributed by atoms with van der Waals surface area (Å²) in [6.07, 6.45) is 0. The average Bonchev–Trinajstić information content (AvgIpc) is 2.14. The van der Waals surface area contributed by atoms with E-state index in [1.165, 1.54) is 0 Å². The Bertz CT molecular complexity index is 120. The highest BCUT2D eigenvalue weighted by molar-refractivity contribution is 8.03. The molecule has 0 spiro atoms. The van der Waals surface area contributed by atoms with Crippen LogP contribution in [0.5, 0.6) is 0 Å². The summed E-state index contributed by atoms with van der Waals surface area (Å²) in [4.78, 5) is 0. The Labute approximate surface area is 60.9 Å². The zero-order chi connectivity index (χ0) is 6.85. The maximum Gasteiger partial charge on any atom is 0.0611 e. The van der Waals surface area contributed by atoms with Gasteiger partial charge in [-0.2, -0.15) is 0 Å². The van der Waals surface area contributed by atoms with Gasteiger partial charge in [0, 0.05) is 11.8 Å². The molecule has 1 atom stereocenters. The van der Waals surface area contributed by atoms with Gasteiger partial charge in [-0.1, -0.05) is 20.4 Å². The normalized spacial score (nSPS) is 27.0.